The molecule has 0 aromatic carbocycles. The molecule has 1 heterocycles. The third kappa shape index (κ3) is 4.80. The molecule has 18 heavy (non-hydrogen) atoms. The molecule has 0 aliphatic rings. The molecule has 0 saturated carbocycles. The van der Waals surface area contributed by atoms with Crippen LogP contribution in [0.15, 0.2) is 4.42 Å². The van der Waals surface area contributed by atoms with Crippen LogP contribution >= 0.6 is 0 Å². The normalized spacial score (nSPS) is 11.2. The summed E-state index contributed by atoms with van der Waals surface area (Å²) in [4.78, 5) is 13.6. The Labute approximate surface area is 107 Å². The van der Waals surface area contributed by atoms with E-state index in [4.69, 9.17) is 4.42 Å². The van der Waals surface area contributed by atoms with Crippen LogP contribution in [0.3, 0.4) is 0 Å². The van der Waals surface area contributed by atoms with Gasteiger partial charge in [-0.3, -0.25) is 15.0 Å². The second kappa shape index (κ2) is 7.07. The molecule has 7 heteroatoms. The lowest BCUT2D eigenvalue weighted by atomic mass is 10.2. The van der Waals surface area contributed by atoms with Crippen molar-refractivity contribution < 1.29 is 9.21 Å². The van der Waals surface area contributed by atoms with E-state index in [0.717, 1.165) is 13.1 Å². The predicted octanol–water partition coefficient (Wildman–Crippen LogP) is 0.283. The average Bonchev–Trinajstić information content (AvgIpc) is 2.74. The lowest BCUT2D eigenvalue weighted by molar-refractivity contribution is -0.117. The molecule has 0 aliphatic heterocycles. The summed E-state index contributed by atoms with van der Waals surface area (Å²) < 4.78 is 5.29. The van der Waals surface area contributed by atoms with E-state index in [1.165, 1.54) is 0 Å². The van der Waals surface area contributed by atoms with Crippen LogP contribution < -0.4 is 10.6 Å². The Morgan fingerprint density at radius 3 is 2.72 bits per heavy atom. The van der Waals surface area contributed by atoms with Crippen molar-refractivity contribution in [1.82, 2.24) is 20.4 Å². The topological polar surface area (TPSA) is 83.3 Å². The summed E-state index contributed by atoms with van der Waals surface area (Å²) in [7, 11) is 3.75. The first-order chi connectivity index (χ1) is 8.52. The molecule has 1 rings (SSSR count). The summed E-state index contributed by atoms with van der Waals surface area (Å²) >= 11 is 0. The van der Waals surface area contributed by atoms with Gasteiger partial charge in [-0.05, 0) is 14.1 Å². The molecule has 0 spiro atoms. The summed E-state index contributed by atoms with van der Waals surface area (Å²) in [5.41, 5.74) is 0. The van der Waals surface area contributed by atoms with E-state index in [1.54, 1.807) is 0 Å². The molecule has 7 nitrogen and oxygen atoms in total. The number of anilines is 1. The van der Waals surface area contributed by atoms with E-state index >= 15 is 0 Å². The van der Waals surface area contributed by atoms with Crippen molar-refractivity contribution in [3.63, 3.8) is 0 Å². The monoisotopic (exact) mass is 255 g/mol. The van der Waals surface area contributed by atoms with Gasteiger partial charge in [0, 0.05) is 19.0 Å². The van der Waals surface area contributed by atoms with Gasteiger partial charge in [0.05, 0.1) is 6.54 Å². The molecule has 2 N–H and O–H groups in total. The molecular formula is C11H21N5O2. The number of aromatic nitrogens is 2. The zero-order chi connectivity index (χ0) is 13.5. The first-order valence-corrected chi connectivity index (χ1v) is 5.99. The van der Waals surface area contributed by atoms with Gasteiger partial charge >= 0.3 is 6.01 Å². The lowest BCUT2D eigenvalue weighted by Crippen LogP contribution is -2.34. The highest BCUT2D eigenvalue weighted by Crippen LogP contribution is 2.14. The van der Waals surface area contributed by atoms with Crippen LogP contribution in [0.4, 0.5) is 6.01 Å². The Morgan fingerprint density at radius 1 is 1.44 bits per heavy atom. The van der Waals surface area contributed by atoms with Crippen molar-refractivity contribution in [3.05, 3.63) is 5.89 Å². The summed E-state index contributed by atoms with van der Waals surface area (Å²) in [6.07, 6.45) is 0. The van der Waals surface area contributed by atoms with Gasteiger partial charge in [0.15, 0.2) is 0 Å². The van der Waals surface area contributed by atoms with Crippen molar-refractivity contribution in [3.8, 4) is 0 Å². The molecule has 0 fully saturated rings. The van der Waals surface area contributed by atoms with E-state index in [-0.39, 0.29) is 17.8 Å². The third-order valence-electron chi connectivity index (χ3n) is 2.34. The second-order valence-electron chi connectivity index (χ2n) is 4.49. The quantitative estimate of drug-likeness (QED) is 0.728. The second-order valence-corrected chi connectivity index (χ2v) is 4.49. The first kappa shape index (κ1) is 14.6. The van der Waals surface area contributed by atoms with Gasteiger partial charge in [-0.15, -0.1) is 5.10 Å². The van der Waals surface area contributed by atoms with Gasteiger partial charge in [0.1, 0.15) is 0 Å². The number of nitrogens with zero attached hydrogens (tertiary/aromatic N) is 3. The van der Waals surface area contributed by atoms with Crippen molar-refractivity contribution in [1.29, 1.82) is 0 Å². The standard InChI is InChI=1S/C11H21N5O2/c1-8(2)10-14-15-11(18-10)13-9(17)7-16(4)6-5-12-3/h8,12H,5-7H2,1-4H3,(H,13,15,17). The Hall–Kier alpha value is -1.47. The van der Waals surface area contributed by atoms with Gasteiger partial charge in [-0.25, -0.2) is 0 Å². The minimum absolute atomic E-state index is 0.154. The Balaban J connectivity index is 2.39. The highest BCUT2D eigenvalue weighted by atomic mass is 16.4. The summed E-state index contributed by atoms with van der Waals surface area (Å²) in [5, 5.41) is 13.2. The van der Waals surface area contributed by atoms with Crippen molar-refractivity contribution in [2.24, 2.45) is 0 Å². The number of rotatable bonds is 7. The largest absolute Gasteiger partial charge is 0.408 e. The number of nitrogens with one attached hydrogen (secondary N) is 2. The number of carbonyl (C=O) groups excluding carboxylic acids is 1. The summed E-state index contributed by atoms with van der Waals surface area (Å²) in [5.74, 6) is 0.517. The fourth-order valence-corrected chi connectivity index (χ4v) is 1.30. The lowest BCUT2D eigenvalue weighted by Gasteiger charge is -2.14. The van der Waals surface area contributed by atoms with Crippen molar-refractivity contribution in [2.45, 2.75) is 19.8 Å². The van der Waals surface area contributed by atoms with E-state index in [2.05, 4.69) is 20.8 Å². The zero-order valence-corrected chi connectivity index (χ0v) is 11.4. The molecule has 0 aliphatic carbocycles. The van der Waals surface area contributed by atoms with Gasteiger partial charge < -0.3 is 9.73 Å². The molecule has 1 aromatic rings. The molecule has 1 aromatic heterocycles. The molecular weight excluding hydrogens is 234 g/mol. The molecule has 0 atom stereocenters. The third-order valence-corrected chi connectivity index (χ3v) is 2.34. The zero-order valence-electron chi connectivity index (χ0n) is 11.4. The highest BCUT2D eigenvalue weighted by Gasteiger charge is 2.13. The molecule has 0 bridgehead atoms. The van der Waals surface area contributed by atoms with E-state index in [0.29, 0.717) is 12.4 Å². The number of hydrogen-bond acceptors (Lipinski definition) is 6. The maximum atomic E-state index is 11.7. The minimum atomic E-state index is -0.160. The SMILES string of the molecule is CNCCN(C)CC(=O)Nc1nnc(C(C)C)o1. The van der Waals surface area contributed by atoms with E-state index in [1.807, 2.05) is 32.8 Å². The maximum absolute atomic E-state index is 11.7. The van der Waals surface area contributed by atoms with Crippen LogP contribution in [0.5, 0.6) is 0 Å². The summed E-state index contributed by atoms with van der Waals surface area (Å²) in [6, 6.07) is 0.158. The Kier molecular flexibility index (Phi) is 5.73. The predicted molar refractivity (Wildman–Crippen MR) is 68.4 cm³/mol. The van der Waals surface area contributed by atoms with Gasteiger partial charge in [0.2, 0.25) is 11.8 Å². The number of hydrogen-bond donors (Lipinski definition) is 2. The van der Waals surface area contributed by atoms with Crippen LogP contribution in [0, 0.1) is 0 Å². The molecule has 0 saturated heterocycles. The van der Waals surface area contributed by atoms with E-state index in [9.17, 15) is 4.79 Å². The minimum Gasteiger partial charge on any atom is -0.408 e. The smallest absolute Gasteiger partial charge is 0.322 e. The molecule has 102 valence electrons. The fraction of sp³-hybridized carbons (Fsp3) is 0.727. The van der Waals surface area contributed by atoms with E-state index < -0.39 is 0 Å². The maximum Gasteiger partial charge on any atom is 0.322 e. The Morgan fingerprint density at radius 2 is 2.17 bits per heavy atom. The number of amides is 1. The van der Waals surface area contributed by atoms with Crippen molar-refractivity contribution in [2.75, 3.05) is 39.0 Å². The van der Waals surface area contributed by atoms with Gasteiger partial charge in [-0.2, -0.15) is 0 Å². The molecule has 0 radical (unpaired) electrons. The number of likely N-dealkylation sites (N-methyl/N-ethyl adjacent to an activating group) is 2. The van der Waals surface area contributed by atoms with Crippen LogP contribution in [0.2, 0.25) is 0 Å². The summed E-state index contributed by atoms with van der Waals surface area (Å²) in [6.45, 7) is 5.82. The van der Waals surface area contributed by atoms with Gasteiger partial charge in [0.25, 0.3) is 0 Å². The Bertz CT molecular complexity index is 377. The highest BCUT2D eigenvalue weighted by molar-refractivity contribution is 5.90. The molecule has 0 unspecified atom stereocenters. The number of carbonyl (C=O) groups is 1. The fourth-order valence-electron chi connectivity index (χ4n) is 1.30. The van der Waals surface area contributed by atoms with Crippen LogP contribution in [-0.2, 0) is 4.79 Å². The van der Waals surface area contributed by atoms with Crippen LogP contribution in [0.25, 0.3) is 0 Å². The van der Waals surface area contributed by atoms with Crippen LogP contribution in [0.1, 0.15) is 25.7 Å². The average molecular weight is 255 g/mol. The van der Waals surface area contributed by atoms with Crippen molar-refractivity contribution >= 4 is 11.9 Å². The van der Waals surface area contributed by atoms with Crippen LogP contribution in [-0.4, -0.2) is 54.7 Å². The molecule has 1 amide bonds. The first-order valence-electron chi connectivity index (χ1n) is 5.99. The van der Waals surface area contributed by atoms with Gasteiger partial charge in [-0.1, -0.05) is 18.9 Å².